The number of aromatic hydroxyl groups is 2. The Morgan fingerprint density at radius 3 is 1.38 bits per heavy atom. The van der Waals surface area contributed by atoms with Crippen molar-refractivity contribution < 1.29 is 10.2 Å². The van der Waals surface area contributed by atoms with Crippen molar-refractivity contribution in [2.24, 2.45) is 10.2 Å². The Labute approximate surface area is 200 Å². The normalized spacial score (nSPS) is 11.1. The number of nitrogens with one attached hydrogen (secondary N) is 4. The first-order valence-electron chi connectivity index (χ1n) is 11.3. The molecule has 182 valence electrons. The van der Waals surface area contributed by atoms with Crippen LogP contribution in [0, 0.1) is 10.8 Å². The van der Waals surface area contributed by atoms with Crippen LogP contribution in [0.25, 0.3) is 0 Å². The van der Waals surface area contributed by atoms with Crippen LogP contribution < -0.4 is 20.7 Å². The topological polar surface area (TPSA) is 143 Å². The van der Waals surface area contributed by atoms with Gasteiger partial charge < -0.3 is 20.0 Å². The number of hydrogen-bond donors (Lipinski definition) is 6. The molecule has 0 unspecified atom stereocenters. The van der Waals surface area contributed by atoms with Crippen molar-refractivity contribution in [1.82, 2.24) is 10.9 Å². The first kappa shape index (κ1) is 26.2. The van der Waals surface area contributed by atoms with Gasteiger partial charge >= 0.3 is 0 Å². The van der Waals surface area contributed by atoms with Crippen molar-refractivity contribution in [3.63, 3.8) is 0 Å². The minimum Gasteiger partial charge on any atom is -0.507 e. The molecule has 2 aromatic carbocycles. The van der Waals surface area contributed by atoms with Crippen molar-refractivity contribution in [2.45, 2.75) is 27.7 Å². The van der Waals surface area contributed by atoms with Gasteiger partial charge in [-0.1, -0.05) is 0 Å². The molecular weight excluding hydrogens is 432 g/mol. The number of phenolic OH excluding ortho intramolecular Hbond substituents is 2. The van der Waals surface area contributed by atoms with Crippen molar-refractivity contribution in [1.29, 1.82) is 10.8 Å². The molecule has 0 amide bonds. The molecule has 34 heavy (non-hydrogen) atoms. The first-order chi connectivity index (χ1) is 16.3. The van der Waals surface area contributed by atoms with Crippen LogP contribution in [-0.2, 0) is 0 Å². The monoisotopic (exact) mass is 466 g/mol. The number of phenols is 2. The lowest BCUT2D eigenvalue weighted by Crippen LogP contribution is -2.34. The molecule has 2 rings (SSSR count). The lowest BCUT2D eigenvalue weighted by Gasteiger charge is -2.21. The highest BCUT2D eigenvalue weighted by Gasteiger charge is 2.08. The first-order valence-corrected chi connectivity index (χ1v) is 11.3. The van der Waals surface area contributed by atoms with Crippen LogP contribution in [0.15, 0.2) is 46.6 Å². The van der Waals surface area contributed by atoms with Gasteiger partial charge in [0.2, 0.25) is 0 Å². The summed E-state index contributed by atoms with van der Waals surface area (Å²) < 4.78 is 0. The zero-order chi connectivity index (χ0) is 25.1. The number of nitrogens with zero attached hydrogens (tertiary/aromatic N) is 4. The number of benzene rings is 2. The molecule has 0 heterocycles. The number of hydrazone groups is 2. The molecule has 0 radical (unpaired) electrons. The lowest BCUT2D eigenvalue weighted by atomic mass is 10.2. The van der Waals surface area contributed by atoms with Crippen molar-refractivity contribution in [2.75, 3.05) is 36.0 Å². The van der Waals surface area contributed by atoms with E-state index in [2.05, 4.69) is 30.9 Å². The van der Waals surface area contributed by atoms with Gasteiger partial charge in [-0.15, -0.1) is 0 Å². The van der Waals surface area contributed by atoms with Crippen LogP contribution in [0.4, 0.5) is 11.4 Å². The fourth-order valence-electron chi connectivity index (χ4n) is 3.30. The second-order valence-electron chi connectivity index (χ2n) is 7.32. The van der Waals surface area contributed by atoms with Gasteiger partial charge in [0.15, 0.2) is 11.7 Å². The minimum absolute atomic E-state index is 0.0751. The third-order valence-corrected chi connectivity index (χ3v) is 5.30. The van der Waals surface area contributed by atoms with Gasteiger partial charge in [0.1, 0.15) is 11.5 Å². The average Bonchev–Trinajstić information content (AvgIpc) is 2.83. The average molecular weight is 467 g/mol. The molecule has 6 N–H and O–H groups in total. The Morgan fingerprint density at radius 1 is 0.735 bits per heavy atom. The Kier molecular flexibility index (Phi) is 9.88. The second kappa shape index (κ2) is 12.8. The maximum absolute atomic E-state index is 10.2. The molecule has 10 nitrogen and oxygen atoms in total. The summed E-state index contributed by atoms with van der Waals surface area (Å²) in [7, 11) is 0. The molecular formula is C24H34N8O2. The molecule has 0 aliphatic heterocycles. The highest BCUT2D eigenvalue weighted by Crippen LogP contribution is 2.24. The Morgan fingerprint density at radius 2 is 1.09 bits per heavy atom. The quantitative estimate of drug-likeness (QED) is 0.180. The number of hydrogen-bond acceptors (Lipinski definition) is 8. The Hall–Kier alpha value is -4.08. The van der Waals surface area contributed by atoms with Gasteiger partial charge in [-0.05, 0) is 52.0 Å². The largest absolute Gasteiger partial charge is 0.507 e. The fourth-order valence-corrected chi connectivity index (χ4v) is 3.30. The van der Waals surface area contributed by atoms with Crippen LogP contribution in [0.1, 0.15) is 38.8 Å². The van der Waals surface area contributed by atoms with E-state index in [1.165, 1.54) is 12.4 Å². The highest BCUT2D eigenvalue weighted by molar-refractivity contribution is 6.37. The zero-order valence-electron chi connectivity index (χ0n) is 20.1. The van der Waals surface area contributed by atoms with E-state index in [1.807, 2.05) is 39.8 Å². The summed E-state index contributed by atoms with van der Waals surface area (Å²) in [5.41, 5.74) is 7.65. The summed E-state index contributed by atoms with van der Waals surface area (Å²) >= 11 is 0. The van der Waals surface area contributed by atoms with Crippen LogP contribution >= 0.6 is 0 Å². The van der Waals surface area contributed by atoms with E-state index in [0.717, 1.165) is 37.6 Å². The van der Waals surface area contributed by atoms with Crippen molar-refractivity contribution in [3.8, 4) is 11.5 Å². The van der Waals surface area contributed by atoms with Gasteiger partial charge in [0.25, 0.3) is 0 Å². The van der Waals surface area contributed by atoms with Gasteiger partial charge in [0, 0.05) is 60.8 Å². The second-order valence-corrected chi connectivity index (χ2v) is 7.32. The maximum atomic E-state index is 10.2. The van der Waals surface area contributed by atoms with Crippen LogP contribution in [-0.4, -0.2) is 60.5 Å². The molecule has 0 bridgehead atoms. The van der Waals surface area contributed by atoms with Gasteiger partial charge in [-0.2, -0.15) is 10.2 Å². The molecule has 0 spiro atoms. The van der Waals surface area contributed by atoms with E-state index in [4.69, 9.17) is 10.8 Å². The number of rotatable bonds is 10. The molecule has 0 aliphatic carbocycles. The molecule has 0 aliphatic rings. The zero-order valence-corrected chi connectivity index (χ0v) is 20.1. The summed E-state index contributed by atoms with van der Waals surface area (Å²) in [5, 5.41) is 44.1. The summed E-state index contributed by atoms with van der Waals surface area (Å²) in [6, 6.07) is 10.6. The maximum Gasteiger partial charge on any atom is 0.183 e. The number of amidine groups is 2. The summed E-state index contributed by atoms with van der Waals surface area (Å²) in [5.74, 6) is -0.472. The molecule has 0 fully saturated rings. The SMILES string of the molecule is CCN(CC)c1ccc(/C=N/NC(=N)C(=N)N/N=C/c2ccc(N(CC)CC)cc2O)c(O)c1. The van der Waals surface area contributed by atoms with Crippen LogP contribution in [0.3, 0.4) is 0 Å². The smallest absolute Gasteiger partial charge is 0.183 e. The number of anilines is 2. The Bertz CT molecular complexity index is 960. The fraction of sp³-hybridized carbons (Fsp3) is 0.333. The summed E-state index contributed by atoms with van der Waals surface area (Å²) in [6.07, 6.45) is 2.75. The van der Waals surface area contributed by atoms with E-state index in [-0.39, 0.29) is 23.2 Å². The van der Waals surface area contributed by atoms with Crippen molar-refractivity contribution in [3.05, 3.63) is 47.5 Å². The van der Waals surface area contributed by atoms with E-state index in [1.54, 1.807) is 24.3 Å². The lowest BCUT2D eigenvalue weighted by molar-refractivity contribution is 0.474. The highest BCUT2D eigenvalue weighted by atomic mass is 16.3. The molecule has 0 saturated heterocycles. The molecule has 0 atom stereocenters. The van der Waals surface area contributed by atoms with E-state index in [9.17, 15) is 10.2 Å². The van der Waals surface area contributed by atoms with Gasteiger partial charge in [-0.25, -0.2) is 0 Å². The van der Waals surface area contributed by atoms with Crippen molar-refractivity contribution >= 4 is 35.5 Å². The third-order valence-electron chi connectivity index (χ3n) is 5.30. The van der Waals surface area contributed by atoms with E-state index < -0.39 is 0 Å². The van der Waals surface area contributed by atoms with Gasteiger partial charge in [0.05, 0.1) is 12.4 Å². The predicted octanol–water partition coefficient (Wildman–Crippen LogP) is 3.29. The summed E-state index contributed by atoms with van der Waals surface area (Å²) in [6.45, 7) is 11.5. The molecule has 2 aromatic rings. The van der Waals surface area contributed by atoms with E-state index in [0.29, 0.717) is 11.1 Å². The van der Waals surface area contributed by atoms with Gasteiger partial charge in [-0.3, -0.25) is 21.7 Å². The molecule has 10 heteroatoms. The minimum atomic E-state index is -0.311. The standard InChI is InChI=1S/C24H34N8O2/c1-5-31(6-2)19-11-9-17(21(33)13-19)15-27-29-23(25)24(26)30-28-16-18-10-12-20(14-22(18)34)32(7-3)8-4/h9-16,33-34H,5-8H2,1-4H3,(H2,25,29)(H2,26,30)/b27-15+,28-16+. The van der Waals surface area contributed by atoms with Crippen LogP contribution in [0.5, 0.6) is 11.5 Å². The molecule has 0 aromatic heterocycles. The third kappa shape index (κ3) is 6.96. The predicted molar refractivity (Wildman–Crippen MR) is 140 cm³/mol. The molecule has 0 saturated carbocycles. The summed E-state index contributed by atoms with van der Waals surface area (Å²) in [4.78, 5) is 4.22. The Balaban J connectivity index is 1.91. The van der Waals surface area contributed by atoms with E-state index >= 15 is 0 Å². The van der Waals surface area contributed by atoms with Crippen LogP contribution in [0.2, 0.25) is 0 Å².